The Morgan fingerprint density at radius 2 is 2.08 bits per heavy atom. The Kier molecular flexibility index (Phi) is 4.63. The second kappa shape index (κ2) is 7.21. The molecule has 25 heavy (non-hydrogen) atoms. The average Bonchev–Trinajstić information content (AvgIpc) is 3.21. The number of pyridine rings is 1. The van der Waals surface area contributed by atoms with Crippen molar-refractivity contribution in [2.24, 2.45) is 11.8 Å². The molecule has 1 aliphatic carbocycles. The van der Waals surface area contributed by atoms with E-state index in [9.17, 15) is 4.79 Å². The summed E-state index contributed by atoms with van der Waals surface area (Å²) in [6.07, 6.45) is 11.3. The van der Waals surface area contributed by atoms with Gasteiger partial charge in [-0.05, 0) is 36.3 Å². The highest BCUT2D eigenvalue weighted by molar-refractivity contribution is 5.74. The number of carbonyl (C=O) groups is 1. The molecule has 0 spiro atoms. The number of carbonyl (C=O) groups excluding carboxylic acids is 1. The maximum absolute atomic E-state index is 12.5. The van der Waals surface area contributed by atoms with Crippen LogP contribution in [-0.2, 0) is 6.54 Å². The van der Waals surface area contributed by atoms with Crippen molar-refractivity contribution in [2.45, 2.75) is 38.6 Å². The van der Waals surface area contributed by atoms with Crippen molar-refractivity contribution in [1.82, 2.24) is 30.0 Å². The molecule has 2 atom stereocenters. The minimum atomic E-state index is 0.0457. The zero-order valence-corrected chi connectivity index (χ0v) is 14.3. The molecule has 3 heterocycles. The number of nitrogens with zero attached hydrogens (tertiary/aromatic N) is 5. The third-order valence-corrected chi connectivity index (χ3v) is 5.48. The largest absolute Gasteiger partial charge is 0.334 e. The fraction of sp³-hybridized carbons (Fsp3) is 0.556. The topological polar surface area (TPSA) is 75.9 Å². The zero-order chi connectivity index (χ0) is 17.1. The van der Waals surface area contributed by atoms with Crippen molar-refractivity contribution in [3.05, 3.63) is 36.5 Å². The van der Waals surface area contributed by atoms with Crippen LogP contribution >= 0.6 is 0 Å². The maximum Gasteiger partial charge on any atom is 0.317 e. The molecule has 7 nitrogen and oxygen atoms in total. The fourth-order valence-electron chi connectivity index (χ4n) is 4.06. The van der Waals surface area contributed by atoms with Gasteiger partial charge in [-0.3, -0.25) is 0 Å². The van der Waals surface area contributed by atoms with Crippen molar-refractivity contribution in [3.8, 4) is 5.82 Å². The van der Waals surface area contributed by atoms with Crippen LogP contribution in [0, 0.1) is 11.8 Å². The highest BCUT2D eigenvalue weighted by Gasteiger charge is 2.32. The van der Waals surface area contributed by atoms with E-state index in [2.05, 4.69) is 20.4 Å². The predicted molar refractivity (Wildman–Crippen MR) is 93.0 cm³/mol. The minimum Gasteiger partial charge on any atom is -0.334 e. The van der Waals surface area contributed by atoms with Gasteiger partial charge in [-0.2, -0.15) is 5.10 Å². The number of amides is 2. The summed E-state index contributed by atoms with van der Waals surface area (Å²) in [4.78, 5) is 22.7. The molecule has 0 bridgehead atoms. The summed E-state index contributed by atoms with van der Waals surface area (Å²) in [5, 5.41) is 7.08. The number of likely N-dealkylation sites (tertiary alicyclic amines) is 1. The van der Waals surface area contributed by atoms with Gasteiger partial charge in [-0.25, -0.2) is 19.4 Å². The molecule has 2 fully saturated rings. The highest BCUT2D eigenvalue weighted by atomic mass is 16.2. The number of aromatic nitrogens is 4. The van der Waals surface area contributed by atoms with Crippen LogP contribution in [0.25, 0.3) is 5.82 Å². The summed E-state index contributed by atoms with van der Waals surface area (Å²) < 4.78 is 1.61. The van der Waals surface area contributed by atoms with E-state index in [4.69, 9.17) is 0 Å². The van der Waals surface area contributed by atoms with Gasteiger partial charge in [-0.1, -0.05) is 25.3 Å². The van der Waals surface area contributed by atoms with Crippen molar-refractivity contribution >= 4 is 6.03 Å². The number of nitrogens with one attached hydrogen (secondary N) is 1. The van der Waals surface area contributed by atoms with E-state index >= 15 is 0 Å². The molecule has 2 amide bonds. The Morgan fingerprint density at radius 3 is 2.84 bits per heavy atom. The molecule has 1 N–H and O–H groups in total. The molecular weight excluding hydrogens is 316 g/mol. The second-order valence-electron chi connectivity index (χ2n) is 7.06. The molecule has 2 unspecified atom stereocenters. The molecule has 7 heteroatoms. The molecule has 1 saturated heterocycles. The van der Waals surface area contributed by atoms with Crippen LogP contribution in [0.1, 0.15) is 37.7 Å². The van der Waals surface area contributed by atoms with Crippen LogP contribution < -0.4 is 5.32 Å². The van der Waals surface area contributed by atoms with Gasteiger partial charge in [0.25, 0.3) is 0 Å². The summed E-state index contributed by atoms with van der Waals surface area (Å²) in [5.74, 6) is 2.26. The number of piperidine rings is 1. The number of rotatable bonds is 3. The van der Waals surface area contributed by atoms with Gasteiger partial charge < -0.3 is 10.2 Å². The van der Waals surface area contributed by atoms with Gasteiger partial charge in [0, 0.05) is 25.8 Å². The highest BCUT2D eigenvalue weighted by Crippen LogP contribution is 2.35. The molecule has 1 aliphatic heterocycles. The molecule has 1 saturated carbocycles. The van der Waals surface area contributed by atoms with Gasteiger partial charge in [0.2, 0.25) is 0 Å². The lowest BCUT2D eigenvalue weighted by Crippen LogP contribution is -2.48. The summed E-state index contributed by atoms with van der Waals surface area (Å²) >= 11 is 0. The van der Waals surface area contributed by atoms with E-state index < -0.39 is 0 Å². The van der Waals surface area contributed by atoms with Crippen molar-refractivity contribution in [1.29, 1.82) is 0 Å². The van der Waals surface area contributed by atoms with Gasteiger partial charge in [0.05, 0.1) is 0 Å². The van der Waals surface area contributed by atoms with Crippen molar-refractivity contribution < 1.29 is 4.79 Å². The Balaban J connectivity index is 1.30. The maximum atomic E-state index is 12.5. The smallest absolute Gasteiger partial charge is 0.317 e. The summed E-state index contributed by atoms with van der Waals surface area (Å²) in [6, 6.07) is 3.88. The predicted octanol–water partition coefficient (Wildman–Crippen LogP) is 2.38. The first-order valence-corrected chi connectivity index (χ1v) is 9.12. The Morgan fingerprint density at radius 1 is 1.20 bits per heavy atom. The van der Waals surface area contributed by atoms with Gasteiger partial charge in [0.1, 0.15) is 12.7 Å². The molecule has 2 aliphatic rings. The summed E-state index contributed by atoms with van der Waals surface area (Å²) in [6.45, 7) is 2.30. The molecule has 0 aromatic carbocycles. The molecule has 2 aromatic heterocycles. The molecular formula is C18H24N6O. The van der Waals surface area contributed by atoms with Crippen LogP contribution in [0.5, 0.6) is 0 Å². The monoisotopic (exact) mass is 340 g/mol. The fourth-order valence-corrected chi connectivity index (χ4v) is 4.06. The number of urea groups is 1. The first-order chi connectivity index (χ1) is 12.3. The Labute approximate surface area is 147 Å². The molecule has 0 radical (unpaired) electrons. The first-order valence-electron chi connectivity index (χ1n) is 9.12. The Bertz CT molecular complexity index is 699. The van der Waals surface area contributed by atoms with E-state index in [-0.39, 0.29) is 6.03 Å². The normalized spacial score (nSPS) is 23.1. The van der Waals surface area contributed by atoms with E-state index in [0.717, 1.165) is 31.0 Å². The van der Waals surface area contributed by atoms with Crippen LogP contribution in [0.2, 0.25) is 0 Å². The first kappa shape index (κ1) is 16.1. The SMILES string of the molecule is O=C(NCc1ccc(-n2cncn2)nc1)N1CCC2CCCCC2C1. The summed E-state index contributed by atoms with van der Waals surface area (Å²) in [7, 11) is 0. The van der Waals surface area contributed by atoms with E-state index in [1.165, 1.54) is 32.0 Å². The lowest BCUT2D eigenvalue weighted by Gasteiger charge is -2.41. The van der Waals surface area contributed by atoms with E-state index in [1.54, 1.807) is 17.2 Å². The van der Waals surface area contributed by atoms with Gasteiger partial charge >= 0.3 is 6.03 Å². The van der Waals surface area contributed by atoms with Crippen LogP contribution in [-0.4, -0.2) is 43.8 Å². The third-order valence-electron chi connectivity index (χ3n) is 5.48. The Hall–Kier alpha value is -2.44. The second-order valence-corrected chi connectivity index (χ2v) is 7.06. The zero-order valence-electron chi connectivity index (χ0n) is 14.3. The standard InChI is InChI=1S/C18H24N6O/c25-18(23-8-7-15-3-1-2-4-16(15)11-23)21-10-14-5-6-17(20-9-14)24-13-19-12-22-24/h5-6,9,12-13,15-16H,1-4,7-8,10-11H2,(H,21,25). The molecule has 4 rings (SSSR count). The quantitative estimate of drug-likeness (QED) is 0.931. The number of fused-ring (bicyclic) bond motifs is 1. The molecule has 132 valence electrons. The third kappa shape index (κ3) is 3.65. The van der Waals surface area contributed by atoms with E-state index in [0.29, 0.717) is 18.3 Å². The van der Waals surface area contributed by atoms with Crippen LogP contribution in [0.3, 0.4) is 0 Å². The lowest BCUT2D eigenvalue weighted by atomic mass is 9.75. The van der Waals surface area contributed by atoms with Gasteiger partial charge in [-0.15, -0.1) is 0 Å². The van der Waals surface area contributed by atoms with Gasteiger partial charge in [0.15, 0.2) is 5.82 Å². The van der Waals surface area contributed by atoms with Crippen molar-refractivity contribution in [2.75, 3.05) is 13.1 Å². The average molecular weight is 340 g/mol. The lowest BCUT2D eigenvalue weighted by molar-refractivity contribution is 0.102. The minimum absolute atomic E-state index is 0.0457. The summed E-state index contributed by atoms with van der Waals surface area (Å²) in [5.41, 5.74) is 0.977. The number of hydrogen-bond acceptors (Lipinski definition) is 4. The van der Waals surface area contributed by atoms with E-state index in [1.807, 2.05) is 17.0 Å². The molecule has 2 aromatic rings. The number of hydrogen-bond donors (Lipinski definition) is 1. The van der Waals surface area contributed by atoms with Crippen LogP contribution in [0.4, 0.5) is 4.79 Å². The van der Waals surface area contributed by atoms with Crippen LogP contribution in [0.15, 0.2) is 31.0 Å². The van der Waals surface area contributed by atoms with Crippen molar-refractivity contribution in [3.63, 3.8) is 0 Å².